The van der Waals surface area contributed by atoms with Gasteiger partial charge >= 0.3 is 5.97 Å². The third-order valence-corrected chi connectivity index (χ3v) is 5.19. The van der Waals surface area contributed by atoms with E-state index in [1.54, 1.807) is 48.5 Å². The molecule has 3 aromatic carbocycles. The van der Waals surface area contributed by atoms with Gasteiger partial charge in [0.25, 0.3) is 5.56 Å². The van der Waals surface area contributed by atoms with Crippen molar-refractivity contribution in [2.24, 2.45) is 0 Å². The molecule has 0 aliphatic rings. The molecule has 32 heavy (non-hydrogen) atoms. The first kappa shape index (κ1) is 21.5. The fourth-order valence-corrected chi connectivity index (χ4v) is 3.63. The first-order valence-corrected chi connectivity index (χ1v) is 10.6. The maximum absolute atomic E-state index is 13.2. The zero-order valence-corrected chi connectivity index (χ0v) is 18.8. The molecule has 1 heterocycles. The summed E-state index contributed by atoms with van der Waals surface area (Å²) >= 11 is 8.73. The molecule has 4 rings (SSSR count). The quantitative estimate of drug-likeness (QED) is 0.234. The van der Waals surface area contributed by atoms with Crippen LogP contribution in [0.4, 0.5) is 11.6 Å². The number of halogens is 1. The Bertz CT molecular complexity index is 1410. The molecule has 4 N–H and O–H groups in total. The summed E-state index contributed by atoms with van der Waals surface area (Å²) in [5.41, 5.74) is 7.22. The predicted octanol–water partition coefficient (Wildman–Crippen LogP) is 4.16. The third kappa shape index (κ3) is 4.61. The molecule has 0 spiro atoms. The fourth-order valence-electron chi connectivity index (χ4n) is 3.08. The molecule has 0 radical (unpaired) electrons. The van der Waals surface area contributed by atoms with E-state index in [2.05, 4.69) is 37.1 Å². The molecular formula is C22H16BrN5O3S. The number of carboxylic acids is 1. The number of carboxylic acid groups (broad SMARTS) is 1. The van der Waals surface area contributed by atoms with Crippen molar-refractivity contribution in [3.05, 3.63) is 93.2 Å². The highest BCUT2D eigenvalue weighted by Crippen LogP contribution is 2.19. The molecular weight excluding hydrogens is 494 g/mol. The van der Waals surface area contributed by atoms with Crippen LogP contribution in [0.2, 0.25) is 0 Å². The van der Waals surface area contributed by atoms with E-state index in [9.17, 15) is 9.59 Å². The van der Waals surface area contributed by atoms with E-state index in [4.69, 9.17) is 17.3 Å². The van der Waals surface area contributed by atoms with Gasteiger partial charge in [0.1, 0.15) is 0 Å². The number of nitrogens with one attached hydrogen (secondary N) is 3. The lowest BCUT2D eigenvalue weighted by Gasteiger charge is -2.17. The molecule has 0 aliphatic carbocycles. The maximum atomic E-state index is 13.2. The Hall–Kier alpha value is -3.76. The lowest BCUT2D eigenvalue weighted by atomic mass is 10.2. The van der Waals surface area contributed by atoms with Crippen molar-refractivity contribution in [1.82, 2.24) is 15.0 Å². The number of rotatable bonds is 5. The van der Waals surface area contributed by atoms with E-state index < -0.39 is 5.97 Å². The van der Waals surface area contributed by atoms with Crippen LogP contribution in [-0.4, -0.2) is 25.7 Å². The highest BCUT2D eigenvalue weighted by Gasteiger charge is 2.13. The molecule has 0 saturated heterocycles. The van der Waals surface area contributed by atoms with Gasteiger partial charge in [-0.05, 0) is 60.7 Å². The Morgan fingerprint density at radius 2 is 1.81 bits per heavy atom. The minimum Gasteiger partial charge on any atom is -0.478 e. The van der Waals surface area contributed by atoms with E-state index in [0.29, 0.717) is 22.3 Å². The van der Waals surface area contributed by atoms with Gasteiger partial charge in [0.2, 0.25) is 5.95 Å². The number of benzene rings is 3. The number of hydrogen-bond donors (Lipinski definition) is 4. The number of para-hydroxylation sites is 1. The maximum Gasteiger partial charge on any atom is 0.335 e. The van der Waals surface area contributed by atoms with Crippen LogP contribution in [0.1, 0.15) is 10.4 Å². The summed E-state index contributed by atoms with van der Waals surface area (Å²) in [6, 6.07) is 20.6. The molecule has 0 atom stereocenters. The van der Waals surface area contributed by atoms with Crippen LogP contribution < -0.4 is 21.7 Å². The molecule has 0 bridgehead atoms. The number of hydrazine groups is 1. The first-order valence-electron chi connectivity index (χ1n) is 9.36. The average Bonchev–Trinajstić information content (AvgIpc) is 2.78. The molecule has 0 saturated carbocycles. The monoisotopic (exact) mass is 509 g/mol. The third-order valence-electron chi connectivity index (χ3n) is 4.50. The predicted molar refractivity (Wildman–Crippen MR) is 131 cm³/mol. The van der Waals surface area contributed by atoms with Crippen LogP contribution in [0, 0.1) is 0 Å². The second-order valence-corrected chi connectivity index (χ2v) is 7.99. The standard InChI is InChI=1S/C22H16BrN5O3S/c23-14-6-4-8-16(12-14)28-19(29)17-9-1-2-10-18(17)25-21(28)26-27-22(32)24-15-7-3-5-13(11-15)20(30)31/h1-12H,(H,25,26)(H,30,31)(H2,24,27,32). The highest BCUT2D eigenvalue weighted by atomic mass is 79.9. The van der Waals surface area contributed by atoms with E-state index >= 15 is 0 Å². The van der Waals surface area contributed by atoms with Gasteiger partial charge in [0.05, 0.1) is 22.2 Å². The van der Waals surface area contributed by atoms with Crippen LogP contribution in [0.5, 0.6) is 0 Å². The lowest BCUT2D eigenvalue weighted by molar-refractivity contribution is 0.0697. The topological polar surface area (TPSA) is 108 Å². The Kier molecular flexibility index (Phi) is 6.15. The SMILES string of the molecule is O=C(O)c1cccc(NC(=S)NNc2nc3ccccc3c(=O)n2-c2cccc(Br)c2)c1. The normalized spacial score (nSPS) is 10.5. The number of anilines is 2. The van der Waals surface area contributed by atoms with Crippen LogP contribution >= 0.6 is 28.1 Å². The van der Waals surface area contributed by atoms with Crippen LogP contribution in [0.15, 0.2) is 82.1 Å². The summed E-state index contributed by atoms with van der Waals surface area (Å²) in [5, 5.41) is 12.7. The van der Waals surface area contributed by atoms with Crippen molar-refractivity contribution in [3.8, 4) is 5.69 Å². The Morgan fingerprint density at radius 3 is 2.59 bits per heavy atom. The number of fused-ring (bicyclic) bond motifs is 1. The van der Waals surface area contributed by atoms with Gasteiger partial charge in [-0.15, -0.1) is 0 Å². The van der Waals surface area contributed by atoms with Crippen LogP contribution in [-0.2, 0) is 0 Å². The van der Waals surface area contributed by atoms with Gasteiger partial charge in [0, 0.05) is 10.2 Å². The van der Waals surface area contributed by atoms with Crippen LogP contribution in [0.3, 0.4) is 0 Å². The van der Waals surface area contributed by atoms with Gasteiger partial charge in [0.15, 0.2) is 5.11 Å². The van der Waals surface area contributed by atoms with E-state index in [-0.39, 0.29) is 22.2 Å². The molecule has 0 fully saturated rings. The van der Waals surface area contributed by atoms with Crippen molar-refractivity contribution in [3.63, 3.8) is 0 Å². The number of carbonyl (C=O) groups is 1. The van der Waals surface area contributed by atoms with Gasteiger partial charge in [-0.25, -0.2) is 14.3 Å². The highest BCUT2D eigenvalue weighted by molar-refractivity contribution is 9.10. The average molecular weight is 510 g/mol. The first-order chi connectivity index (χ1) is 15.4. The summed E-state index contributed by atoms with van der Waals surface area (Å²) in [7, 11) is 0. The molecule has 160 valence electrons. The van der Waals surface area contributed by atoms with E-state index in [1.807, 2.05) is 12.1 Å². The second-order valence-electron chi connectivity index (χ2n) is 6.66. The smallest absolute Gasteiger partial charge is 0.335 e. The second kappa shape index (κ2) is 9.16. The van der Waals surface area contributed by atoms with Gasteiger partial charge in [-0.1, -0.05) is 40.2 Å². The number of hydrogen-bond acceptors (Lipinski definition) is 5. The zero-order chi connectivity index (χ0) is 22.7. The largest absolute Gasteiger partial charge is 0.478 e. The van der Waals surface area contributed by atoms with Crippen molar-refractivity contribution >= 4 is 61.8 Å². The van der Waals surface area contributed by atoms with E-state index in [1.165, 1.54) is 16.7 Å². The Morgan fingerprint density at radius 1 is 1.03 bits per heavy atom. The molecule has 0 amide bonds. The molecule has 1 aromatic heterocycles. The molecule has 10 heteroatoms. The summed E-state index contributed by atoms with van der Waals surface area (Å²) in [6.45, 7) is 0. The summed E-state index contributed by atoms with van der Waals surface area (Å²) in [4.78, 5) is 29.0. The van der Waals surface area contributed by atoms with E-state index in [0.717, 1.165) is 4.47 Å². The molecule has 4 aromatic rings. The lowest BCUT2D eigenvalue weighted by Crippen LogP contribution is -2.36. The minimum absolute atomic E-state index is 0.130. The van der Waals surface area contributed by atoms with Crippen LogP contribution in [0.25, 0.3) is 16.6 Å². The Balaban J connectivity index is 1.64. The van der Waals surface area contributed by atoms with Crippen molar-refractivity contribution < 1.29 is 9.90 Å². The molecule has 0 unspecified atom stereocenters. The number of aromatic carboxylic acids is 1. The van der Waals surface area contributed by atoms with Gasteiger partial charge in [-0.3, -0.25) is 15.6 Å². The summed E-state index contributed by atoms with van der Waals surface area (Å²) < 4.78 is 2.25. The molecule has 0 aliphatic heterocycles. The minimum atomic E-state index is -1.04. The van der Waals surface area contributed by atoms with Crippen molar-refractivity contribution in [2.45, 2.75) is 0 Å². The number of aromatic nitrogens is 2. The van der Waals surface area contributed by atoms with Crippen molar-refractivity contribution in [1.29, 1.82) is 0 Å². The molecule has 8 nitrogen and oxygen atoms in total. The Labute approximate surface area is 196 Å². The summed E-state index contributed by atoms with van der Waals surface area (Å²) in [5.74, 6) is -0.806. The fraction of sp³-hybridized carbons (Fsp3) is 0. The van der Waals surface area contributed by atoms with Gasteiger partial charge in [-0.2, -0.15) is 0 Å². The number of nitrogens with zero attached hydrogens (tertiary/aromatic N) is 2. The zero-order valence-electron chi connectivity index (χ0n) is 16.4. The van der Waals surface area contributed by atoms with Gasteiger partial charge < -0.3 is 10.4 Å². The summed E-state index contributed by atoms with van der Waals surface area (Å²) in [6.07, 6.45) is 0. The van der Waals surface area contributed by atoms with Crippen molar-refractivity contribution in [2.75, 3.05) is 10.7 Å². The number of thiocarbonyl (C=S) groups is 1.